The van der Waals surface area contributed by atoms with Crippen molar-refractivity contribution in [2.45, 2.75) is 20.0 Å². The van der Waals surface area contributed by atoms with Gasteiger partial charge in [-0.25, -0.2) is 4.98 Å². The highest BCUT2D eigenvalue weighted by Gasteiger charge is 2.07. The van der Waals surface area contributed by atoms with Crippen LogP contribution < -0.4 is 5.32 Å². The van der Waals surface area contributed by atoms with Crippen molar-refractivity contribution in [1.82, 2.24) is 4.98 Å². The molecule has 0 atom stereocenters. The third-order valence-electron chi connectivity index (χ3n) is 2.70. The zero-order valence-corrected chi connectivity index (χ0v) is 12.8. The molecule has 0 amide bonds. The lowest BCUT2D eigenvalue weighted by molar-refractivity contribution is 0.182. The van der Waals surface area contributed by atoms with Crippen LogP contribution in [0.25, 0.3) is 10.9 Å². The van der Waals surface area contributed by atoms with E-state index in [0.717, 1.165) is 29.9 Å². The number of benzene rings is 1. The molecule has 1 N–H and O–H groups in total. The Kier molecular flexibility index (Phi) is 4.77. The van der Waals surface area contributed by atoms with Crippen molar-refractivity contribution in [2.24, 2.45) is 0 Å². The van der Waals surface area contributed by atoms with Gasteiger partial charge in [0.05, 0.1) is 17.8 Å². The number of pyridine rings is 1. The molecule has 96 valence electrons. The summed E-state index contributed by atoms with van der Waals surface area (Å²) < 4.78 is 6.35. The maximum absolute atomic E-state index is 5.18. The zero-order valence-electron chi connectivity index (χ0n) is 10.7. The van der Waals surface area contributed by atoms with Gasteiger partial charge in [0.2, 0.25) is 0 Å². The Balaban J connectivity index is 2.53. The van der Waals surface area contributed by atoms with Crippen LogP contribution in [0.1, 0.15) is 19.0 Å². The summed E-state index contributed by atoms with van der Waals surface area (Å²) in [5.41, 5.74) is 3.16. The molecule has 2 rings (SSSR count). The monoisotopic (exact) mass is 356 g/mol. The molecule has 1 aromatic carbocycles. The summed E-state index contributed by atoms with van der Waals surface area (Å²) in [5.74, 6) is 0. The van der Waals surface area contributed by atoms with Gasteiger partial charge in [-0.15, -0.1) is 0 Å². The number of para-hydroxylation sites is 1. The first-order valence-electron chi connectivity index (χ1n) is 6.07. The number of hydrogen-bond donors (Lipinski definition) is 1. The van der Waals surface area contributed by atoms with Crippen LogP contribution in [0.15, 0.2) is 24.3 Å². The summed E-state index contributed by atoms with van der Waals surface area (Å²) >= 11 is 2.33. The average Bonchev–Trinajstić information content (AvgIpc) is 2.37. The van der Waals surface area contributed by atoms with Gasteiger partial charge in [-0.3, -0.25) is 0 Å². The van der Waals surface area contributed by atoms with Crippen molar-refractivity contribution in [3.8, 4) is 0 Å². The molecule has 0 unspecified atom stereocenters. The van der Waals surface area contributed by atoms with Crippen LogP contribution >= 0.6 is 22.6 Å². The van der Waals surface area contributed by atoms with E-state index in [2.05, 4.69) is 64.1 Å². The molecule has 1 aromatic heterocycles. The second-order valence-corrected chi connectivity index (χ2v) is 5.32. The lowest BCUT2D eigenvalue weighted by Gasteiger charge is -2.12. The maximum Gasteiger partial charge on any atom is 0.0885 e. The highest BCUT2D eigenvalue weighted by Crippen LogP contribution is 2.27. The van der Waals surface area contributed by atoms with Crippen molar-refractivity contribution in [2.75, 3.05) is 19.0 Å². The first kappa shape index (κ1) is 13.5. The Labute approximate surface area is 121 Å². The molecule has 3 nitrogen and oxygen atoms in total. The van der Waals surface area contributed by atoms with Crippen molar-refractivity contribution >= 4 is 39.2 Å². The Hall–Kier alpha value is -0.880. The van der Waals surface area contributed by atoms with Gasteiger partial charge in [-0.05, 0) is 41.1 Å². The molecular weight excluding hydrogens is 339 g/mol. The van der Waals surface area contributed by atoms with Gasteiger partial charge in [0.25, 0.3) is 0 Å². The van der Waals surface area contributed by atoms with E-state index in [1.54, 1.807) is 7.11 Å². The fourth-order valence-electron chi connectivity index (χ4n) is 1.89. The standard InChI is InChI=1S/C14H17IN2O/c1-3-7-16-13-8-10(9-18-2)17-14-11(13)5-4-6-12(14)15/h4-6,8H,3,7,9H2,1-2H3,(H,16,17). The van der Waals surface area contributed by atoms with Gasteiger partial charge in [0, 0.05) is 28.3 Å². The summed E-state index contributed by atoms with van der Waals surface area (Å²) in [5, 5.41) is 4.64. The second-order valence-electron chi connectivity index (χ2n) is 4.16. The van der Waals surface area contributed by atoms with Gasteiger partial charge in [-0.2, -0.15) is 0 Å². The topological polar surface area (TPSA) is 34.1 Å². The number of rotatable bonds is 5. The van der Waals surface area contributed by atoms with Crippen LogP contribution in [-0.2, 0) is 11.3 Å². The van der Waals surface area contributed by atoms with Crippen LogP contribution in [0.3, 0.4) is 0 Å². The normalized spacial score (nSPS) is 10.8. The molecule has 4 heteroatoms. The van der Waals surface area contributed by atoms with Crippen molar-refractivity contribution in [1.29, 1.82) is 0 Å². The minimum atomic E-state index is 0.543. The number of anilines is 1. The summed E-state index contributed by atoms with van der Waals surface area (Å²) in [4.78, 5) is 4.66. The molecule has 0 spiro atoms. The minimum Gasteiger partial charge on any atom is -0.384 e. The molecule has 0 aliphatic rings. The van der Waals surface area contributed by atoms with Crippen LogP contribution in [-0.4, -0.2) is 18.6 Å². The molecule has 0 saturated carbocycles. The van der Waals surface area contributed by atoms with E-state index in [-0.39, 0.29) is 0 Å². The predicted octanol–water partition coefficient (Wildman–Crippen LogP) is 3.81. The van der Waals surface area contributed by atoms with E-state index in [0.29, 0.717) is 6.61 Å². The highest BCUT2D eigenvalue weighted by molar-refractivity contribution is 14.1. The molecule has 0 saturated heterocycles. The number of ether oxygens (including phenoxy) is 1. The quantitative estimate of drug-likeness (QED) is 0.828. The Morgan fingerprint density at radius 3 is 2.94 bits per heavy atom. The van der Waals surface area contributed by atoms with Crippen LogP contribution in [0, 0.1) is 3.57 Å². The van der Waals surface area contributed by atoms with Crippen molar-refractivity contribution < 1.29 is 4.74 Å². The van der Waals surface area contributed by atoms with E-state index in [9.17, 15) is 0 Å². The summed E-state index contributed by atoms with van der Waals surface area (Å²) in [6.45, 7) is 3.68. The van der Waals surface area contributed by atoms with Crippen LogP contribution in [0.4, 0.5) is 5.69 Å². The minimum absolute atomic E-state index is 0.543. The molecule has 0 aliphatic carbocycles. The predicted molar refractivity (Wildman–Crippen MR) is 84.0 cm³/mol. The number of nitrogens with zero attached hydrogens (tertiary/aromatic N) is 1. The third kappa shape index (κ3) is 2.92. The molecule has 18 heavy (non-hydrogen) atoms. The van der Waals surface area contributed by atoms with E-state index in [4.69, 9.17) is 4.74 Å². The number of fused-ring (bicyclic) bond motifs is 1. The summed E-state index contributed by atoms with van der Waals surface area (Å²) in [6, 6.07) is 8.34. The Morgan fingerprint density at radius 1 is 1.39 bits per heavy atom. The average molecular weight is 356 g/mol. The molecule has 0 aliphatic heterocycles. The highest BCUT2D eigenvalue weighted by atomic mass is 127. The fraction of sp³-hybridized carbons (Fsp3) is 0.357. The van der Waals surface area contributed by atoms with E-state index < -0.39 is 0 Å². The van der Waals surface area contributed by atoms with Crippen LogP contribution in [0.2, 0.25) is 0 Å². The van der Waals surface area contributed by atoms with E-state index >= 15 is 0 Å². The lowest BCUT2D eigenvalue weighted by atomic mass is 10.1. The number of nitrogens with one attached hydrogen (secondary N) is 1. The van der Waals surface area contributed by atoms with Gasteiger partial charge >= 0.3 is 0 Å². The first-order chi connectivity index (χ1) is 8.76. The molecule has 0 bridgehead atoms. The molecule has 2 aromatic rings. The zero-order chi connectivity index (χ0) is 13.0. The summed E-state index contributed by atoms with van der Waals surface area (Å²) in [6.07, 6.45) is 1.10. The largest absolute Gasteiger partial charge is 0.384 e. The van der Waals surface area contributed by atoms with Gasteiger partial charge < -0.3 is 10.1 Å². The molecular formula is C14H17IN2O. The fourth-order valence-corrected chi connectivity index (χ4v) is 2.51. The third-order valence-corrected chi connectivity index (χ3v) is 3.57. The smallest absolute Gasteiger partial charge is 0.0885 e. The Bertz CT molecular complexity index is 543. The molecule has 1 heterocycles. The SMILES string of the molecule is CCCNc1cc(COC)nc2c(I)cccc12. The van der Waals surface area contributed by atoms with Crippen molar-refractivity contribution in [3.63, 3.8) is 0 Å². The number of aromatic nitrogens is 1. The summed E-state index contributed by atoms with van der Waals surface area (Å²) in [7, 11) is 1.70. The Morgan fingerprint density at radius 2 is 2.22 bits per heavy atom. The number of hydrogen-bond acceptors (Lipinski definition) is 3. The lowest BCUT2D eigenvalue weighted by Crippen LogP contribution is -2.03. The van der Waals surface area contributed by atoms with Gasteiger partial charge in [0.1, 0.15) is 0 Å². The van der Waals surface area contributed by atoms with Gasteiger partial charge in [-0.1, -0.05) is 19.1 Å². The second kappa shape index (κ2) is 6.33. The number of halogens is 1. The van der Waals surface area contributed by atoms with Crippen molar-refractivity contribution in [3.05, 3.63) is 33.5 Å². The number of methoxy groups -OCH3 is 1. The van der Waals surface area contributed by atoms with Gasteiger partial charge in [0.15, 0.2) is 0 Å². The first-order valence-corrected chi connectivity index (χ1v) is 7.15. The van der Waals surface area contributed by atoms with E-state index in [1.807, 2.05) is 0 Å². The molecule has 0 fully saturated rings. The maximum atomic E-state index is 5.18. The molecule has 0 radical (unpaired) electrons. The van der Waals surface area contributed by atoms with E-state index in [1.165, 1.54) is 8.96 Å². The van der Waals surface area contributed by atoms with Crippen LogP contribution in [0.5, 0.6) is 0 Å².